The molecule has 0 bridgehead atoms. The molecule has 1 fully saturated rings. The van der Waals surface area contributed by atoms with Gasteiger partial charge in [-0.15, -0.1) is 0 Å². The molecule has 18 heavy (non-hydrogen) atoms. The third kappa shape index (κ3) is 3.53. The van der Waals surface area contributed by atoms with Gasteiger partial charge in [0.25, 0.3) is 0 Å². The standard InChI is InChI=1S/C13H20N2O2S/c1-11-5-6-13(14-9-11)8-12-4-3-7-15(10-12)18(2,16)17/h5-6,9,12H,3-4,7-8,10H2,1-2H3/t12-/m1/s1. The van der Waals surface area contributed by atoms with E-state index in [-0.39, 0.29) is 0 Å². The lowest BCUT2D eigenvalue weighted by Gasteiger charge is -2.30. The number of nitrogens with zero attached hydrogens (tertiary/aromatic N) is 2. The average molecular weight is 268 g/mol. The van der Waals surface area contributed by atoms with Gasteiger partial charge in [-0.2, -0.15) is 0 Å². The number of hydrogen-bond acceptors (Lipinski definition) is 3. The molecule has 4 nitrogen and oxygen atoms in total. The van der Waals surface area contributed by atoms with Crippen LogP contribution < -0.4 is 0 Å². The van der Waals surface area contributed by atoms with Crippen molar-refractivity contribution in [2.75, 3.05) is 19.3 Å². The Morgan fingerprint density at radius 2 is 2.22 bits per heavy atom. The van der Waals surface area contributed by atoms with Crippen molar-refractivity contribution in [2.45, 2.75) is 26.2 Å². The number of piperidine rings is 1. The third-order valence-corrected chi connectivity index (χ3v) is 4.69. The van der Waals surface area contributed by atoms with E-state index < -0.39 is 10.0 Å². The second-order valence-electron chi connectivity index (χ2n) is 5.16. The second kappa shape index (κ2) is 5.36. The first-order chi connectivity index (χ1) is 8.45. The zero-order valence-electron chi connectivity index (χ0n) is 11.0. The molecule has 1 aromatic heterocycles. The molecule has 1 saturated heterocycles. The van der Waals surface area contributed by atoms with Crippen LogP contribution in [-0.4, -0.2) is 37.1 Å². The van der Waals surface area contributed by atoms with Crippen LogP contribution in [0.15, 0.2) is 18.3 Å². The van der Waals surface area contributed by atoms with E-state index in [2.05, 4.69) is 11.1 Å². The quantitative estimate of drug-likeness (QED) is 0.836. The lowest BCUT2D eigenvalue weighted by molar-refractivity contribution is 0.265. The van der Waals surface area contributed by atoms with Gasteiger partial charge in [0.15, 0.2) is 0 Å². The summed E-state index contributed by atoms with van der Waals surface area (Å²) < 4.78 is 24.7. The maximum atomic E-state index is 11.5. The molecule has 0 amide bonds. The molecule has 0 aliphatic carbocycles. The minimum atomic E-state index is -3.04. The Morgan fingerprint density at radius 1 is 1.44 bits per heavy atom. The SMILES string of the molecule is Cc1ccc(C[C@H]2CCCN(S(C)(=O)=O)C2)nc1. The summed E-state index contributed by atoms with van der Waals surface area (Å²) in [5.41, 5.74) is 2.21. The molecule has 0 radical (unpaired) electrons. The molecule has 2 heterocycles. The molecule has 0 unspecified atom stereocenters. The molecule has 0 aromatic carbocycles. The van der Waals surface area contributed by atoms with Crippen LogP contribution in [0.4, 0.5) is 0 Å². The topological polar surface area (TPSA) is 50.3 Å². The number of rotatable bonds is 3. The van der Waals surface area contributed by atoms with E-state index in [4.69, 9.17) is 0 Å². The van der Waals surface area contributed by atoms with E-state index in [9.17, 15) is 8.42 Å². The lowest BCUT2D eigenvalue weighted by Crippen LogP contribution is -2.39. The molecule has 0 spiro atoms. The summed E-state index contributed by atoms with van der Waals surface area (Å²) in [6.45, 7) is 3.31. The van der Waals surface area contributed by atoms with Crippen molar-refractivity contribution in [1.82, 2.24) is 9.29 Å². The minimum absolute atomic E-state index is 0.392. The van der Waals surface area contributed by atoms with Crippen LogP contribution in [0.5, 0.6) is 0 Å². The van der Waals surface area contributed by atoms with Crippen molar-refractivity contribution in [3.63, 3.8) is 0 Å². The number of hydrogen-bond donors (Lipinski definition) is 0. The fourth-order valence-corrected chi connectivity index (χ4v) is 3.35. The summed E-state index contributed by atoms with van der Waals surface area (Å²) in [6.07, 6.45) is 6.06. The van der Waals surface area contributed by atoms with Gasteiger partial charge in [-0.1, -0.05) is 6.07 Å². The zero-order chi connectivity index (χ0) is 13.2. The number of aryl methyl sites for hydroxylation is 1. The highest BCUT2D eigenvalue weighted by atomic mass is 32.2. The van der Waals surface area contributed by atoms with Gasteiger partial charge in [0, 0.05) is 25.0 Å². The normalized spacial score (nSPS) is 22.0. The van der Waals surface area contributed by atoms with Gasteiger partial charge in [0.1, 0.15) is 0 Å². The average Bonchev–Trinajstić information content (AvgIpc) is 2.31. The summed E-state index contributed by atoms with van der Waals surface area (Å²) >= 11 is 0. The van der Waals surface area contributed by atoms with Crippen LogP contribution in [0.25, 0.3) is 0 Å². The second-order valence-corrected chi connectivity index (χ2v) is 7.14. The van der Waals surface area contributed by atoms with Crippen LogP contribution in [0.1, 0.15) is 24.1 Å². The summed E-state index contributed by atoms with van der Waals surface area (Å²) in [5.74, 6) is 0.392. The smallest absolute Gasteiger partial charge is 0.211 e. The molecule has 100 valence electrons. The minimum Gasteiger partial charge on any atom is -0.261 e. The lowest BCUT2D eigenvalue weighted by atomic mass is 9.94. The molecule has 1 atom stereocenters. The van der Waals surface area contributed by atoms with Crippen molar-refractivity contribution < 1.29 is 8.42 Å². The van der Waals surface area contributed by atoms with Crippen molar-refractivity contribution in [2.24, 2.45) is 5.92 Å². The van der Waals surface area contributed by atoms with Crippen LogP contribution in [0.3, 0.4) is 0 Å². The molecule has 1 aliphatic heterocycles. The first-order valence-electron chi connectivity index (χ1n) is 6.32. The zero-order valence-corrected chi connectivity index (χ0v) is 11.8. The van der Waals surface area contributed by atoms with Gasteiger partial charge in [0.2, 0.25) is 10.0 Å². The van der Waals surface area contributed by atoms with Gasteiger partial charge in [-0.25, -0.2) is 12.7 Å². The highest BCUT2D eigenvalue weighted by molar-refractivity contribution is 7.88. The van der Waals surface area contributed by atoms with Crippen molar-refractivity contribution >= 4 is 10.0 Å². The fourth-order valence-electron chi connectivity index (χ4n) is 2.41. The van der Waals surface area contributed by atoms with E-state index in [1.807, 2.05) is 19.2 Å². The van der Waals surface area contributed by atoms with E-state index in [0.717, 1.165) is 30.5 Å². The summed E-state index contributed by atoms with van der Waals surface area (Å²) in [7, 11) is -3.04. The third-order valence-electron chi connectivity index (χ3n) is 3.42. The van der Waals surface area contributed by atoms with E-state index in [1.54, 1.807) is 4.31 Å². The monoisotopic (exact) mass is 268 g/mol. The van der Waals surface area contributed by atoms with Gasteiger partial charge >= 0.3 is 0 Å². The molecular weight excluding hydrogens is 248 g/mol. The largest absolute Gasteiger partial charge is 0.261 e. The van der Waals surface area contributed by atoms with Crippen LogP contribution in [-0.2, 0) is 16.4 Å². The highest BCUT2D eigenvalue weighted by Gasteiger charge is 2.25. The van der Waals surface area contributed by atoms with Crippen molar-refractivity contribution in [3.8, 4) is 0 Å². The van der Waals surface area contributed by atoms with Crippen molar-refractivity contribution in [3.05, 3.63) is 29.6 Å². The van der Waals surface area contributed by atoms with Crippen LogP contribution in [0, 0.1) is 12.8 Å². The van der Waals surface area contributed by atoms with Gasteiger partial charge in [-0.3, -0.25) is 4.98 Å². The maximum Gasteiger partial charge on any atom is 0.211 e. The summed E-state index contributed by atoms with van der Waals surface area (Å²) in [6, 6.07) is 4.09. The number of pyridine rings is 1. The van der Waals surface area contributed by atoms with Crippen LogP contribution in [0.2, 0.25) is 0 Å². The summed E-state index contributed by atoms with van der Waals surface area (Å²) in [4.78, 5) is 4.39. The Morgan fingerprint density at radius 3 is 2.83 bits per heavy atom. The Labute approximate surface area is 109 Å². The Balaban J connectivity index is 2.00. The van der Waals surface area contributed by atoms with Gasteiger partial charge in [-0.05, 0) is 43.7 Å². The molecule has 2 rings (SSSR count). The van der Waals surface area contributed by atoms with Crippen LogP contribution >= 0.6 is 0 Å². The maximum absolute atomic E-state index is 11.5. The van der Waals surface area contributed by atoms with E-state index >= 15 is 0 Å². The summed E-state index contributed by atoms with van der Waals surface area (Å²) in [5, 5.41) is 0. The Kier molecular flexibility index (Phi) is 4.02. The first kappa shape index (κ1) is 13.5. The first-order valence-corrected chi connectivity index (χ1v) is 8.16. The fraction of sp³-hybridized carbons (Fsp3) is 0.615. The van der Waals surface area contributed by atoms with Gasteiger partial charge < -0.3 is 0 Å². The molecule has 1 aromatic rings. The van der Waals surface area contributed by atoms with Gasteiger partial charge in [0.05, 0.1) is 6.26 Å². The molecular formula is C13H20N2O2S. The van der Waals surface area contributed by atoms with E-state index in [0.29, 0.717) is 19.0 Å². The number of sulfonamides is 1. The predicted octanol–water partition coefficient (Wildman–Crippen LogP) is 1.60. The van der Waals surface area contributed by atoms with Crippen molar-refractivity contribution in [1.29, 1.82) is 0 Å². The Bertz CT molecular complexity index is 496. The molecule has 0 N–H and O–H groups in total. The Hall–Kier alpha value is -0.940. The van der Waals surface area contributed by atoms with E-state index in [1.165, 1.54) is 6.26 Å². The number of aromatic nitrogens is 1. The molecule has 0 saturated carbocycles. The molecule has 5 heteroatoms. The predicted molar refractivity (Wildman–Crippen MR) is 71.8 cm³/mol. The molecule has 1 aliphatic rings. The highest BCUT2D eigenvalue weighted by Crippen LogP contribution is 2.21.